The molecule has 5 rings (SSSR count). The standard InChI is InChI=1S/C27H31ClN4O3S2/c1-27(2,3)25-23-24(17-9-11-36-15-17)37-16-22(34)31(14-21(33)29-13-20-8-5-10-35-20)26(23)32(30-25)19-7-4-6-18(28)12-19/h4,6-7,9,11-12,15,20,24H,5,8,10,13-14,16H2,1-3H3,(H,29,33). The van der Waals surface area contributed by atoms with Crippen LogP contribution < -0.4 is 10.2 Å². The Morgan fingerprint density at radius 1 is 1.30 bits per heavy atom. The van der Waals surface area contributed by atoms with Gasteiger partial charge in [0.05, 0.1) is 28.5 Å². The highest BCUT2D eigenvalue weighted by molar-refractivity contribution is 8.00. The zero-order valence-corrected chi connectivity index (χ0v) is 23.6. The van der Waals surface area contributed by atoms with Crippen molar-refractivity contribution < 1.29 is 14.3 Å². The largest absolute Gasteiger partial charge is 0.376 e. The predicted octanol–water partition coefficient (Wildman–Crippen LogP) is 5.35. The van der Waals surface area contributed by atoms with Crippen molar-refractivity contribution in [2.45, 2.75) is 50.4 Å². The van der Waals surface area contributed by atoms with Crippen molar-refractivity contribution in [3.8, 4) is 5.69 Å². The lowest BCUT2D eigenvalue weighted by Gasteiger charge is -2.24. The molecule has 0 spiro atoms. The van der Waals surface area contributed by atoms with Gasteiger partial charge in [-0.15, -0.1) is 11.8 Å². The van der Waals surface area contributed by atoms with E-state index in [0.29, 0.717) is 17.4 Å². The Balaban J connectivity index is 1.63. The number of nitrogens with zero attached hydrogens (tertiary/aromatic N) is 3. The smallest absolute Gasteiger partial charge is 0.240 e. The van der Waals surface area contributed by atoms with Gasteiger partial charge in [-0.3, -0.25) is 14.5 Å². The summed E-state index contributed by atoms with van der Waals surface area (Å²) in [6.45, 7) is 7.45. The van der Waals surface area contributed by atoms with E-state index in [-0.39, 0.29) is 40.9 Å². The van der Waals surface area contributed by atoms with E-state index < -0.39 is 0 Å². The molecule has 0 aliphatic carbocycles. The second-order valence-corrected chi connectivity index (χ2v) is 12.7. The average Bonchev–Trinajstić information content (AvgIpc) is 3.61. The Hall–Kier alpha value is -2.33. The first-order valence-corrected chi connectivity index (χ1v) is 14.8. The number of amides is 2. The fourth-order valence-corrected chi connectivity index (χ4v) is 6.93. The number of fused-ring (bicyclic) bond motifs is 1. The topological polar surface area (TPSA) is 76.5 Å². The number of carbonyl (C=O) groups is 2. The summed E-state index contributed by atoms with van der Waals surface area (Å²) in [5, 5.41) is 12.7. The minimum Gasteiger partial charge on any atom is -0.376 e. The highest BCUT2D eigenvalue weighted by Crippen LogP contribution is 2.48. The summed E-state index contributed by atoms with van der Waals surface area (Å²) in [6, 6.07) is 9.53. The molecular weight excluding hydrogens is 528 g/mol. The summed E-state index contributed by atoms with van der Waals surface area (Å²) < 4.78 is 7.44. The second kappa shape index (κ2) is 10.8. The van der Waals surface area contributed by atoms with Crippen LogP contribution in [0.5, 0.6) is 0 Å². The third-order valence-electron chi connectivity index (χ3n) is 6.55. The van der Waals surface area contributed by atoms with Gasteiger partial charge in [0, 0.05) is 29.2 Å². The lowest BCUT2D eigenvalue weighted by molar-refractivity contribution is -0.123. The maximum Gasteiger partial charge on any atom is 0.240 e. The lowest BCUT2D eigenvalue weighted by Crippen LogP contribution is -2.44. The molecule has 2 unspecified atom stereocenters. The number of thioether (sulfide) groups is 1. The maximum atomic E-state index is 13.6. The Kier molecular flexibility index (Phi) is 7.68. The molecule has 0 saturated carbocycles. The van der Waals surface area contributed by atoms with Crippen LogP contribution in [0.3, 0.4) is 0 Å². The van der Waals surface area contributed by atoms with Crippen LogP contribution in [0.2, 0.25) is 5.02 Å². The summed E-state index contributed by atoms with van der Waals surface area (Å²) in [6.07, 6.45) is 1.97. The van der Waals surface area contributed by atoms with Gasteiger partial charge in [-0.25, -0.2) is 4.68 Å². The minimum atomic E-state index is -0.302. The van der Waals surface area contributed by atoms with Crippen LogP contribution in [-0.4, -0.2) is 53.1 Å². The number of carbonyl (C=O) groups excluding carboxylic acids is 2. The van der Waals surface area contributed by atoms with E-state index in [9.17, 15) is 9.59 Å². The number of hydrogen-bond donors (Lipinski definition) is 1. The van der Waals surface area contributed by atoms with Gasteiger partial charge in [0.1, 0.15) is 12.4 Å². The molecular formula is C27H31ClN4O3S2. The number of halogens is 1. The van der Waals surface area contributed by atoms with Crippen molar-refractivity contribution in [3.63, 3.8) is 0 Å². The van der Waals surface area contributed by atoms with Crippen LogP contribution in [0.25, 0.3) is 5.69 Å². The molecule has 10 heteroatoms. The molecule has 1 N–H and O–H groups in total. The number of aromatic nitrogens is 2. The van der Waals surface area contributed by atoms with Crippen LogP contribution in [0.4, 0.5) is 5.82 Å². The molecule has 1 saturated heterocycles. The molecule has 2 amide bonds. The lowest BCUT2D eigenvalue weighted by atomic mass is 9.87. The molecule has 0 bridgehead atoms. The number of rotatable bonds is 6. The first-order chi connectivity index (χ1) is 17.7. The molecule has 2 aliphatic rings. The van der Waals surface area contributed by atoms with E-state index >= 15 is 0 Å². The first kappa shape index (κ1) is 26.3. The summed E-state index contributed by atoms with van der Waals surface area (Å²) >= 11 is 9.58. The number of anilines is 1. The van der Waals surface area contributed by atoms with E-state index in [2.05, 4.69) is 42.9 Å². The van der Waals surface area contributed by atoms with Gasteiger partial charge < -0.3 is 10.1 Å². The molecule has 37 heavy (non-hydrogen) atoms. The second-order valence-electron chi connectivity index (χ2n) is 10.4. The van der Waals surface area contributed by atoms with E-state index in [0.717, 1.165) is 42.0 Å². The summed E-state index contributed by atoms with van der Waals surface area (Å²) in [5.74, 6) is 0.545. The Morgan fingerprint density at radius 2 is 2.14 bits per heavy atom. The molecule has 1 fully saturated rings. The summed E-state index contributed by atoms with van der Waals surface area (Å²) in [5.41, 5.74) is 3.43. The van der Waals surface area contributed by atoms with Gasteiger partial charge in [-0.05, 0) is 53.4 Å². The Bertz CT molecular complexity index is 1280. The molecule has 3 aromatic rings. The SMILES string of the molecule is CC(C)(C)c1nn(-c2cccc(Cl)c2)c2c1C(c1ccsc1)SCC(=O)N2CC(=O)NCC1CCCO1. The Morgan fingerprint density at radius 3 is 2.81 bits per heavy atom. The molecule has 7 nitrogen and oxygen atoms in total. The molecule has 2 atom stereocenters. The zero-order valence-electron chi connectivity index (χ0n) is 21.2. The number of hydrogen-bond acceptors (Lipinski definition) is 6. The molecule has 2 aliphatic heterocycles. The van der Waals surface area contributed by atoms with Crippen LogP contribution in [0.1, 0.15) is 55.7 Å². The van der Waals surface area contributed by atoms with Gasteiger partial charge in [0.15, 0.2) is 0 Å². The number of benzene rings is 1. The van der Waals surface area contributed by atoms with E-state index in [1.54, 1.807) is 32.7 Å². The van der Waals surface area contributed by atoms with Gasteiger partial charge in [0.2, 0.25) is 11.8 Å². The van der Waals surface area contributed by atoms with E-state index in [1.807, 2.05) is 24.3 Å². The number of ether oxygens (including phenoxy) is 1. The van der Waals surface area contributed by atoms with Crippen molar-refractivity contribution in [1.82, 2.24) is 15.1 Å². The quantitative estimate of drug-likeness (QED) is 0.441. The molecule has 2 aromatic heterocycles. The third-order valence-corrected chi connectivity index (χ3v) is 8.74. The minimum absolute atomic E-state index is 0.0300. The fraction of sp³-hybridized carbons (Fsp3) is 0.444. The molecule has 0 radical (unpaired) electrons. The summed E-state index contributed by atoms with van der Waals surface area (Å²) in [4.78, 5) is 28.4. The van der Waals surface area contributed by atoms with Crippen LogP contribution in [0, 0.1) is 0 Å². The average molecular weight is 559 g/mol. The maximum absolute atomic E-state index is 13.6. The third kappa shape index (κ3) is 5.60. The van der Waals surface area contributed by atoms with Crippen molar-refractivity contribution in [2.75, 3.05) is 30.3 Å². The highest BCUT2D eigenvalue weighted by atomic mass is 35.5. The van der Waals surface area contributed by atoms with E-state index in [4.69, 9.17) is 21.4 Å². The Labute approximate surface area is 230 Å². The van der Waals surface area contributed by atoms with Gasteiger partial charge in [-0.1, -0.05) is 38.4 Å². The number of nitrogens with one attached hydrogen (secondary N) is 1. The van der Waals surface area contributed by atoms with E-state index in [1.165, 1.54) is 0 Å². The molecule has 196 valence electrons. The van der Waals surface area contributed by atoms with Crippen molar-refractivity contribution >= 4 is 52.3 Å². The van der Waals surface area contributed by atoms with Gasteiger partial charge >= 0.3 is 0 Å². The molecule has 4 heterocycles. The first-order valence-electron chi connectivity index (χ1n) is 12.4. The zero-order chi connectivity index (χ0) is 26.2. The van der Waals surface area contributed by atoms with Crippen molar-refractivity contribution in [2.24, 2.45) is 0 Å². The monoisotopic (exact) mass is 558 g/mol. The van der Waals surface area contributed by atoms with Crippen LogP contribution in [-0.2, 0) is 19.7 Å². The normalized spacial score (nSPS) is 20.1. The predicted molar refractivity (Wildman–Crippen MR) is 150 cm³/mol. The van der Waals surface area contributed by atoms with Gasteiger partial charge in [0.25, 0.3) is 0 Å². The van der Waals surface area contributed by atoms with Crippen molar-refractivity contribution in [3.05, 3.63) is 62.9 Å². The van der Waals surface area contributed by atoms with Crippen LogP contribution in [0.15, 0.2) is 41.1 Å². The molecule has 1 aromatic carbocycles. The number of thiophene rings is 1. The fourth-order valence-electron chi connectivity index (χ4n) is 4.78. The summed E-state index contributed by atoms with van der Waals surface area (Å²) in [7, 11) is 0. The van der Waals surface area contributed by atoms with Crippen LogP contribution >= 0.6 is 34.7 Å². The van der Waals surface area contributed by atoms with Gasteiger partial charge in [-0.2, -0.15) is 16.4 Å². The van der Waals surface area contributed by atoms with Crippen molar-refractivity contribution in [1.29, 1.82) is 0 Å². The highest BCUT2D eigenvalue weighted by Gasteiger charge is 2.40.